The number of aromatic carboxylic acids is 3. The maximum atomic E-state index is 10.1. The molecule has 3 aromatic rings. The van der Waals surface area contributed by atoms with Gasteiger partial charge in [-0.05, 0) is 16.7 Å². The van der Waals surface area contributed by atoms with E-state index in [1.165, 1.54) is 66.8 Å². The minimum atomic E-state index is -1.13. The molecule has 0 radical (unpaired) electrons. The average Bonchev–Trinajstić information content (AvgIpc) is 3.35. The molecule has 1 aliphatic carbocycles. The van der Waals surface area contributed by atoms with Crippen LogP contribution >= 0.6 is 0 Å². The van der Waals surface area contributed by atoms with Crippen LogP contribution in [0.4, 0.5) is 0 Å². The van der Waals surface area contributed by atoms with Gasteiger partial charge in [-0.25, -0.2) is 17.7 Å². The molecule has 4 rings (SSSR count). The normalized spacial score (nSPS) is 10.8. The summed E-state index contributed by atoms with van der Waals surface area (Å²) in [5.74, 6) is -3.39. The van der Waals surface area contributed by atoms with E-state index in [-0.39, 0.29) is 38.4 Å². The fraction of sp³-hybridized carbons (Fsp3) is 0.194. The Hall–Kier alpha value is -3.74. The Kier molecular flexibility index (Phi) is 18.3. The molecule has 0 atom stereocenters. The van der Waals surface area contributed by atoms with Crippen molar-refractivity contribution in [2.24, 2.45) is 0 Å². The van der Waals surface area contributed by atoms with Crippen LogP contribution in [0.15, 0.2) is 108 Å². The zero-order chi connectivity index (χ0) is 27.5. The van der Waals surface area contributed by atoms with Crippen LogP contribution < -0.4 is 15.3 Å². The summed E-state index contributed by atoms with van der Waals surface area (Å²) in [5, 5.41) is 30.3. The monoisotopic (exact) mass is 546 g/mol. The first-order valence-electron chi connectivity index (χ1n) is 11.8. The van der Waals surface area contributed by atoms with Gasteiger partial charge in [0.2, 0.25) is 0 Å². The Morgan fingerprint density at radius 2 is 1.03 bits per heavy atom. The number of carbonyl (C=O) groups is 3. The smallest absolute Gasteiger partial charge is 0.545 e. The predicted molar refractivity (Wildman–Crippen MR) is 137 cm³/mol. The minimum absolute atomic E-state index is 0. The number of rotatable bonds is 6. The van der Waals surface area contributed by atoms with Gasteiger partial charge in [-0.15, -0.1) is 0 Å². The van der Waals surface area contributed by atoms with Gasteiger partial charge in [-0.2, -0.15) is 5.57 Å². The second-order valence-corrected chi connectivity index (χ2v) is 7.88. The molecular weight excluding hydrogens is 516 g/mol. The standard InChI is InChI=1S/C10H15.3C7H6O2.Ti/c1-3-4-5-10-7-6-9(2)8-10;3*8-7(9)6-4-2-1-3-5-6;/h6H,3-5,7H2,1-2H3;3*1-5H,(H,8,9);/q-1;;;;+4/p-3. The Labute approximate surface area is 239 Å². The third kappa shape index (κ3) is 15.4. The summed E-state index contributed by atoms with van der Waals surface area (Å²) < 4.78 is 0. The minimum Gasteiger partial charge on any atom is -0.545 e. The summed E-state index contributed by atoms with van der Waals surface area (Å²) in [6.07, 6.45) is 10.7. The molecule has 0 amide bonds. The summed E-state index contributed by atoms with van der Waals surface area (Å²) in [6, 6.07) is 24.2. The van der Waals surface area contributed by atoms with Crippen LogP contribution in [-0.4, -0.2) is 17.9 Å². The van der Waals surface area contributed by atoms with Crippen LogP contribution in [0.2, 0.25) is 0 Å². The first kappa shape index (κ1) is 34.3. The van der Waals surface area contributed by atoms with Crippen molar-refractivity contribution in [3.05, 3.63) is 131 Å². The van der Waals surface area contributed by atoms with Crippen LogP contribution in [0.25, 0.3) is 0 Å². The van der Waals surface area contributed by atoms with Crippen LogP contribution in [0.5, 0.6) is 0 Å². The van der Waals surface area contributed by atoms with Gasteiger partial charge in [0.05, 0.1) is 17.9 Å². The number of carboxylic acids is 3. The Balaban J connectivity index is 0.000000477. The van der Waals surface area contributed by atoms with Gasteiger partial charge in [0, 0.05) is 0 Å². The number of allylic oxidation sites excluding steroid dienone is 4. The Bertz CT molecular complexity index is 1040. The Morgan fingerprint density at radius 3 is 1.24 bits per heavy atom. The van der Waals surface area contributed by atoms with Crippen molar-refractivity contribution in [1.29, 1.82) is 0 Å². The van der Waals surface area contributed by atoms with Gasteiger partial charge < -0.3 is 29.7 Å². The molecule has 0 N–H and O–H groups in total. The topological polar surface area (TPSA) is 120 Å². The predicted octanol–water partition coefficient (Wildman–Crippen LogP) is 3.40. The summed E-state index contributed by atoms with van der Waals surface area (Å²) in [4.78, 5) is 30.3. The largest absolute Gasteiger partial charge is 4.00 e. The molecule has 0 heterocycles. The second kappa shape index (κ2) is 20.3. The molecule has 0 unspecified atom stereocenters. The third-order valence-corrected chi connectivity index (χ3v) is 4.89. The molecule has 38 heavy (non-hydrogen) atoms. The molecule has 0 aromatic heterocycles. The van der Waals surface area contributed by atoms with Crippen molar-refractivity contribution in [3.8, 4) is 0 Å². The first-order chi connectivity index (χ1) is 17.7. The summed E-state index contributed by atoms with van der Waals surface area (Å²) >= 11 is 0. The molecular formula is C31H30O6Ti. The number of unbranched alkanes of at least 4 members (excludes halogenated alkanes) is 1. The van der Waals surface area contributed by atoms with Gasteiger partial charge in [-0.1, -0.05) is 131 Å². The number of hydrogen-bond donors (Lipinski definition) is 0. The fourth-order valence-electron chi connectivity index (χ4n) is 2.93. The molecule has 0 saturated heterocycles. The van der Waals surface area contributed by atoms with Gasteiger partial charge in [0.15, 0.2) is 0 Å². The van der Waals surface area contributed by atoms with Gasteiger partial charge in [0.25, 0.3) is 0 Å². The van der Waals surface area contributed by atoms with Gasteiger partial charge >= 0.3 is 21.7 Å². The van der Waals surface area contributed by atoms with E-state index in [1.807, 2.05) is 0 Å². The number of carboxylic acid groups (broad SMARTS) is 3. The van der Waals surface area contributed by atoms with E-state index in [1.54, 1.807) is 54.6 Å². The molecule has 6 nitrogen and oxygen atoms in total. The van der Waals surface area contributed by atoms with Crippen molar-refractivity contribution in [2.75, 3.05) is 0 Å². The van der Waals surface area contributed by atoms with Crippen molar-refractivity contribution in [3.63, 3.8) is 0 Å². The van der Waals surface area contributed by atoms with Crippen LogP contribution in [-0.2, 0) is 21.7 Å². The van der Waals surface area contributed by atoms with Crippen LogP contribution in [0, 0.1) is 6.08 Å². The molecule has 0 aliphatic heterocycles. The van der Waals surface area contributed by atoms with E-state index < -0.39 is 17.9 Å². The first-order valence-corrected chi connectivity index (χ1v) is 11.8. The van der Waals surface area contributed by atoms with Gasteiger partial charge in [-0.3, -0.25) is 0 Å². The summed E-state index contributed by atoms with van der Waals surface area (Å²) in [5.41, 5.74) is 3.48. The van der Waals surface area contributed by atoms with Gasteiger partial charge in [0.1, 0.15) is 0 Å². The number of hydrogen-bond acceptors (Lipinski definition) is 6. The van der Waals surface area contributed by atoms with E-state index in [2.05, 4.69) is 26.0 Å². The molecule has 1 aliphatic rings. The molecule has 0 saturated carbocycles. The van der Waals surface area contributed by atoms with E-state index in [0.717, 1.165) is 6.42 Å². The van der Waals surface area contributed by atoms with E-state index in [9.17, 15) is 29.7 Å². The van der Waals surface area contributed by atoms with E-state index in [0.29, 0.717) is 0 Å². The third-order valence-electron chi connectivity index (χ3n) is 4.89. The van der Waals surface area contributed by atoms with E-state index >= 15 is 0 Å². The Morgan fingerprint density at radius 1 is 0.684 bits per heavy atom. The number of benzene rings is 3. The van der Waals surface area contributed by atoms with Crippen molar-refractivity contribution >= 4 is 17.9 Å². The molecule has 0 spiro atoms. The quantitative estimate of drug-likeness (QED) is 0.345. The molecule has 0 bridgehead atoms. The molecule has 194 valence electrons. The summed E-state index contributed by atoms with van der Waals surface area (Å²) in [6.45, 7) is 4.36. The van der Waals surface area contributed by atoms with Crippen molar-refractivity contribution < 1.29 is 51.4 Å². The zero-order valence-electron chi connectivity index (χ0n) is 21.5. The van der Waals surface area contributed by atoms with Crippen LogP contribution in [0.3, 0.4) is 0 Å². The second-order valence-electron chi connectivity index (χ2n) is 7.88. The number of carbonyl (C=O) groups excluding carboxylic acids is 3. The fourth-order valence-corrected chi connectivity index (χ4v) is 2.93. The maximum Gasteiger partial charge on any atom is 4.00 e. The maximum absolute atomic E-state index is 10.1. The molecule has 7 heteroatoms. The summed E-state index contributed by atoms with van der Waals surface area (Å²) in [7, 11) is 0. The zero-order valence-corrected chi connectivity index (χ0v) is 23.1. The SMILES string of the molecule is CCCCC1=[C-]C(C)=CC1.O=C([O-])c1ccccc1.O=C([O-])c1ccccc1.O=C([O-])c1ccccc1.[Ti+4]. The average molecular weight is 546 g/mol. The van der Waals surface area contributed by atoms with Crippen molar-refractivity contribution in [2.45, 2.75) is 39.5 Å². The molecule has 0 fully saturated rings. The van der Waals surface area contributed by atoms with Crippen LogP contribution in [0.1, 0.15) is 70.6 Å². The van der Waals surface area contributed by atoms with E-state index in [4.69, 9.17) is 0 Å². The molecule has 3 aromatic carbocycles. The van der Waals surface area contributed by atoms with Crippen molar-refractivity contribution in [1.82, 2.24) is 0 Å².